The Hall–Kier alpha value is -0.540. The number of aliphatic hydroxyl groups excluding tert-OH is 1. The van der Waals surface area contributed by atoms with Gasteiger partial charge in [-0.3, -0.25) is 4.99 Å². The lowest BCUT2D eigenvalue weighted by atomic mass is 10.3. The molecular formula is C14H23BrIN3O2. The first-order chi connectivity index (χ1) is 9.63. The molecule has 0 bridgehead atoms. The van der Waals surface area contributed by atoms with Gasteiger partial charge in [-0.15, -0.1) is 24.0 Å². The van der Waals surface area contributed by atoms with E-state index in [-0.39, 0.29) is 37.1 Å². The Morgan fingerprint density at radius 2 is 2.19 bits per heavy atom. The van der Waals surface area contributed by atoms with Crippen molar-refractivity contribution in [3.05, 3.63) is 28.7 Å². The zero-order chi connectivity index (χ0) is 14.8. The van der Waals surface area contributed by atoms with Crippen molar-refractivity contribution in [2.45, 2.75) is 25.9 Å². The van der Waals surface area contributed by atoms with E-state index in [0.29, 0.717) is 11.7 Å². The number of ether oxygens (including phenoxy) is 1. The molecule has 0 aliphatic carbocycles. The second-order valence-corrected chi connectivity index (χ2v) is 5.26. The number of unbranched alkanes of at least 4 members (excludes halogenated alkanes) is 1. The van der Waals surface area contributed by atoms with Crippen LogP contribution in [-0.4, -0.2) is 36.9 Å². The van der Waals surface area contributed by atoms with Crippen molar-refractivity contribution < 1.29 is 9.84 Å². The number of hydrogen-bond donors (Lipinski definition) is 3. The fourth-order valence-electron chi connectivity index (χ4n) is 1.45. The molecule has 0 saturated heterocycles. The molecule has 1 rings (SSSR count). The molecule has 0 aliphatic heterocycles. The van der Waals surface area contributed by atoms with Crippen LogP contribution in [0.1, 0.15) is 19.8 Å². The summed E-state index contributed by atoms with van der Waals surface area (Å²) in [7, 11) is 0. The minimum atomic E-state index is -0.686. The van der Waals surface area contributed by atoms with Gasteiger partial charge in [0.25, 0.3) is 0 Å². The highest BCUT2D eigenvalue weighted by atomic mass is 127. The SMILES string of the molecule is CCCCNC(N)=NCC(O)COc1ccccc1Br.I. The van der Waals surface area contributed by atoms with Gasteiger partial charge in [-0.05, 0) is 34.5 Å². The molecule has 0 amide bonds. The number of halogens is 2. The number of rotatable bonds is 8. The van der Waals surface area contributed by atoms with Crippen LogP contribution in [0.3, 0.4) is 0 Å². The van der Waals surface area contributed by atoms with E-state index >= 15 is 0 Å². The number of hydrogen-bond acceptors (Lipinski definition) is 3. The van der Waals surface area contributed by atoms with Gasteiger partial charge in [-0.2, -0.15) is 0 Å². The van der Waals surface area contributed by atoms with E-state index in [1.165, 1.54) is 0 Å². The van der Waals surface area contributed by atoms with Crippen LogP contribution >= 0.6 is 39.9 Å². The summed E-state index contributed by atoms with van der Waals surface area (Å²) < 4.78 is 6.36. The molecule has 5 nitrogen and oxygen atoms in total. The van der Waals surface area contributed by atoms with E-state index in [4.69, 9.17) is 10.5 Å². The van der Waals surface area contributed by atoms with Gasteiger partial charge in [0.15, 0.2) is 5.96 Å². The zero-order valence-corrected chi connectivity index (χ0v) is 16.0. The van der Waals surface area contributed by atoms with Gasteiger partial charge < -0.3 is 20.9 Å². The second kappa shape index (κ2) is 12.0. The molecule has 0 radical (unpaired) electrons. The van der Waals surface area contributed by atoms with Gasteiger partial charge in [0, 0.05) is 6.54 Å². The third-order valence-corrected chi connectivity index (χ3v) is 3.23. The molecule has 1 atom stereocenters. The number of nitrogens with one attached hydrogen (secondary N) is 1. The van der Waals surface area contributed by atoms with Crippen LogP contribution in [0, 0.1) is 0 Å². The van der Waals surface area contributed by atoms with Gasteiger partial charge >= 0.3 is 0 Å². The van der Waals surface area contributed by atoms with Gasteiger partial charge in [0.2, 0.25) is 0 Å². The van der Waals surface area contributed by atoms with Crippen molar-refractivity contribution in [2.75, 3.05) is 19.7 Å². The van der Waals surface area contributed by atoms with Crippen LogP contribution in [0.25, 0.3) is 0 Å². The van der Waals surface area contributed by atoms with Crippen molar-refractivity contribution in [1.82, 2.24) is 5.32 Å². The maximum Gasteiger partial charge on any atom is 0.188 e. The standard InChI is InChI=1S/C14H22BrN3O2.HI/c1-2-3-8-17-14(16)18-9-11(19)10-20-13-7-5-4-6-12(13)15;/h4-7,11,19H,2-3,8-10H2,1H3,(H3,16,17,18);1H. The smallest absolute Gasteiger partial charge is 0.188 e. The Morgan fingerprint density at radius 3 is 2.86 bits per heavy atom. The molecule has 21 heavy (non-hydrogen) atoms. The maximum absolute atomic E-state index is 9.79. The van der Waals surface area contributed by atoms with Crippen LogP contribution in [-0.2, 0) is 0 Å². The fraction of sp³-hybridized carbons (Fsp3) is 0.500. The van der Waals surface area contributed by atoms with E-state index in [2.05, 4.69) is 33.2 Å². The summed E-state index contributed by atoms with van der Waals surface area (Å²) in [5, 5.41) is 12.8. The van der Waals surface area contributed by atoms with E-state index in [9.17, 15) is 5.11 Å². The molecule has 1 aromatic carbocycles. The van der Waals surface area contributed by atoms with E-state index in [1.807, 2.05) is 24.3 Å². The molecule has 0 aliphatic rings. The van der Waals surface area contributed by atoms with Crippen molar-refractivity contribution >= 4 is 45.9 Å². The quantitative estimate of drug-likeness (QED) is 0.235. The largest absolute Gasteiger partial charge is 0.490 e. The molecule has 1 unspecified atom stereocenters. The average Bonchev–Trinajstić information content (AvgIpc) is 2.44. The first-order valence-corrected chi connectivity index (χ1v) is 7.52. The summed E-state index contributed by atoms with van der Waals surface area (Å²) in [6.07, 6.45) is 1.46. The van der Waals surface area contributed by atoms with Crippen molar-refractivity contribution in [3.63, 3.8) is 0 Å². The lowest BCUT2D eigenvalue weighted by Crippen LogP contribution is -2.34. The Labute approximate surface area is 151 Å². The highest BCUT2D eigenvalue weighted by Crippen LogP contribution is 2.23. The minimum Gasteiger partial charge on any atom is -0.490 e. The Balaban J connectivity index is 0.00000400. The summed E-state index contributed by atoms with van der Waals surface area (Å²) in [4.78, 5) is 4.07. The number of nitrogens with zero attached hydrogens (tertiary/aromatic N) is 1. The number of aliphatic hydroxyl groups is 1. The molecule has 0 heterocycles. The molecule has 0 fully saturated rings. The lowest BCUT2D eigenvalue weighted by Gasteiger charge is -2.12. The van der Waals surface area contributed by atoms with Crippen molar-refractivity contribution in [3.8, 4) is 5.75 Å². The number of benzene rings is 1. The first-order valence-electron chi connectivity index (χ1n) is 6.72. The fourth-order valence-corrected chi connectivity index (χ4v) is 1.85. The van der Waals surface area contributed by atoms with E-state index in [0.717, 1.165) is 23.9 Å². The van der Waals surface area contributed by atoms with Crippen LogP contribution in [0.15, 0.2) is 33.7 Å². The lowest BCUT2D eigenvalue weighted by molar-refractivity contribution is 0.114. The maximum atomic E-state index is 9.79. The number of para-hydroxylation sites is 1. The van der Waals surface area contributed by atoms with Gasteiger partial charge in [0.1, 0.15) is 18.5 Å². The topological polar surface area (TPSA) is 79.9 Å². The summed E-state index contributed by atoms with van der Waals surface area (Å²) in [6.45, 7) is 3.30. The Bertz CT molecular complexity index is 432. The summed E-state index contributed by atoms with van der Waals surface area (Å²) in [6, 6.07) is 7.50. The molecule has 0 saturated carbocycles. The highest BCUT2D eigenvalue weighted by molar-refractivity contribution is 14.0. The molecule has 0 aromatic heterocycles. The molecule has 120 valence electrons. The van der Waals surface area contributed by atoms with Crippen LogP contribution in [0.4, 0.5) is 0 Å². The minimum absolute atomic E-state index is 0. The summed E-state index contributed by atoms with van der Waals surface area (Å²) in [5.74, 6) is 1.06. The van der Waals surface area contributed by atoms with Gasteiger partial charge in [-0.25, -0.2) is 0 Å². The third kappa shape index (κ3) is 9.15. The Morgan fingerprint density at radius 1 is 1.48 bits per heavy atom. The van der Waals surface area contributed by atoms with Crippen molar-refractivity contribution in [1.29, 1.82) is 0 Å². The summed E-state index contributed by atoms with van der Waals surface area (Å²) >= 11 is 3.38. The van der Waals surface area contributed by atoms with Crippen LogP contribution < -0.4 is 15.8 Å². The van der Waals surface area contributed by atoms with E-state index < -0.39 is 6.10 Å². The Kier molecular flexibility index (Phi) is 11.7. The molecular weight excluding hydrogens is 449 g/mol. The van der Waals surface area contributed by atoms with Crippen LogP contribution in [0.2, 0.25) is 0 Å². The zero-order valence-electron chi connectivity index (χ0n) is 12.1. The predicted octanol–water partition coefficient (Wildman–Crippen LogP) is 2.51. The monoisotopic (exact) mass is 471 g/mol. The second-order valence-electron chi connectivity index (χ2n) is 4.40. The molecule has 4 N–H and O–H groups in total. The highest BCUT2D eigenvalue weighted by Gasteiger charge is 2.06. The van der Waals surface area contributed by atoms with E-state index in [1.54, 1.807) is 0 Å². The normalized spacial score (nSPS) is 12.4. The number of nitrogens with two attached hydrogens (primary N) is 1. The molecule has 7 heteroatoms. The molecule has 0 spiro atoms. The van der Waals surface area contributed by atoms with Gasteiger partial charge in [-0.1, -0.05) is 25.5 Å². The predicted molar refractivity (Wildman–Crippen MR) is 100 cm³/mol. The van der Waals surface area contributed by atoms with Crippen molar-refractivity contribution in [2.24, 2.45) is 10.7 Å². The average molecular weight is 472 g/mol. The third-order valence-electron chi connectivity index (χ3n) is 2.58. The first kappa shape index (κ1) is 20.5. The summed E-state index contributed by atoms with van der Waals surface area (Å²) in [5.41, 5.74) is 5.67. The number of guanidine groups is 1. The number of aliphatic imine (C=N–C) groups is 1. The van der Waals surface area contributed by atoms with Gasteiger partial charge in [0.05, 0.1) is 11.0 Å². The molecule has 1 aromatic rings. The van der Waals surface area contributed by atoms with Crippen LogP contribution in [0.5, 0.6) is 5.75 Å².